The number of ether oxygens (including phenoxy) is 1. The van der Waals surface area contributed by atoms with E-state index in [2.05, 4.69) is 17.0 Å². The number of nitrogens with zero attached hydrogens (tertiary/aromatic N) is 2. The predicted molar refractivity (Wildman–Crippen MR) is 127 cm³/mol. The van der Waals surface area contributed by atoms with Crippen molar-refractivity contribution in [2.45, 2.75) is 51.6 Å². The fourth-order valence-corrected chi connectivity index (χ4v) is 4.65. The number of carbonyl (C=O) groups excluding carboxylic acids is 3. The molecule has 1 atom stereocenters. The summed E-state index contributed by atoms with van der Waals surface area (Å²) in [5.41, 5.74) is 4.38. The van der Waals surface area contributed by atoms with Crippen LogP contribution in [0.2, 0.25) is 0 Å². The number of Topliss-reactive ketones (excluding diaryl/α,β-unsaturated/α-hetero) is 1. The van der Waals surface area contributed by atoms with Crippen molar-refractivity contribution in [3.05, 3.63) is 65.2 Å². The van der Waals surface area contributed by atoms with Gasteiger partial charge in [0.15, 0.2) is 11.9 Å². The third-order valence-corrected chi connectivity index (χ3v) is 6.60. The molecule has 1 aliphatic carbocycles. The average Bonchev–Trinajstić information content (AvgIpc) is 2.87. The smallest absolute Gasteiger partial charge is 0.307 e. The van der Waals surface area contributed by atoms with Gasteiger partial charge in [-0.2, -0.15) is 0 Å². The first kappa shape index (κ1) is 23.0. The van der Waals surface area contributed by atoms with Crippen LogP contribution in [0, 0.1) is 0 Å². The maximum atomic E-state index is 12.7. The van der Waals surface area contributed by atoms with E-state index in [1.54, 1.807) is 11.8 Å². The summed E-state index contributed by atoms with van der Waals surface area (Å²) < 4.78 is 5.36. The summed E-state index contributed by atoms with van der Waals surface area (Å²) in [6, 6.07) is 16.0. The summed E-state index contributed by atoms with van der Waals surface area (Å²) in [6.07, 6.45) is 3.67. The van der Waals surface area contributed by atoms with Crippen LogP contribution in [0.1, 0.15) is 54.1 Å². The standard InChI is InChI=1S/C27H32N2O4/c1-20(27(32)29-17-15-28(16-18-29)24-9-3-2-4-10-24)33-26(31)14-13-25(30)23-12-11-21-7-5-6-8-22(21)19-23/h2-4,9-12,19-20H,5-8,13-18H2,1H3/t20-/m1/s1. The lowest BCUT2D eigenvalue weighted by Gasteiger charge is -2.37. The molecule has 2 aromatic carbocycles. The summed E-state index contributed by atoms with van der Waals surface area (Å²) in [6.45, 7) is 4.27. The minimum Gasteiger partial charge on any atom is -0.453 e. The number of fused-ring (bicyclic) bond motifs is 1. The Bertz CT molecular complexity index is 996. The van der Waals surface area contributed by atoms with Gasteiger partial charge in [0.1, 0.15) is 0 Å². The van der Waals surface area contributed by atoms with Gasteiger partial charge in [-0.05, 0) is 61.9 Å². The maximum absolute atomic E-state index is 12.7. The van der Waals surface area contributed by atoms with Gasteiger partial charge in [-0.3, -0.25) is 14.4 Å². The lowest BCUT2D eigenvalue weighted by atomic mass is 9.89. The number of esters is 1. The van der Waals surface area contributed by atoms with Crippen molar-refractivity contribution >= 4 is 23.3 Å². The van der Waals surface area contributed by atoms with E-state index in [0.29, 0.717) is 18.7 Å². The number of benzene rings is 2. The number of ketones is 1. The van der Waals surface area contributed by atoms with Gasteiger partial charge in [0.2, 0.25) is 0 Å². The van der Waals surface area contributed by atoms with Gasteiger partial charge in [0, 0.05) is 43.9 Å². The second kappa shape index (κ2) is 10.6. The van der Waals surface area contributed by atoms with Crippen LogP contribution in [-0.4, -0.2) is 54.8 Å². The topological polar surface area (TPSA) is 66.9 Å². The summed E-state index contributed by atoms with van der Waals surface area (Å²) in [5, 5.41) is 0. The number of anilines is 1. The van der Waals surface area contributed by atoms with Crippen LogP contribution in [-0.2, 0) is 27.2 Å². The van der Waals surface area contributed by atoms with E-state index in [4.69, 9.17) is 4.74 Å². The number of rotatable bonds is 7. The van der Waals surface area contributed by atoms with Crippen molar-refractivity contribution in [1.82, 2.24) is 4.90 Å². The molecule has 1 aliphatic heterocycles. The number of hydrogen-bond donors (Lipinski definition) is 0. The van der Waals surface area contributed by atoms with E-state index in [-0.39, 0.29) is 24.5 Å². The predicted octanol–water partition coefficient (Wildman–Crippen LogP) is 3.81. The van der Waals surface area contributed by atoms with Gasteiger partial charge in [-0.25, -0.2) is 0 Å². The number of piperazine rings is 1. The fourth-order valence-electron chi connectivity index (χ4n) is 4.65. The molecule has 4 rings (SSSR count). The van der Waals surface area contributed by atoms with Crippen molar-refractivity contribution in [2.75, 3.05) is 31.1 Å². The molecule has 1 fully saturated rings. The highest BCUT2D eigenvalue weighted by atomic mass is 16.5. The summed E-state index contributed by atoms with van der Waals surface area (Å²) in [5.74, 6) is -0.751. The Morgan fingerprint density at radius 3 is 2.30 bits per heavy atom. The zero-order valence-corrected chi connectivity index (χ0v) is 19.3. The van der Waals surface area contributed by atoms with Crippen LogP contribution in [0.15, 0.2) is 48.5 Å². The Morgan fingerprint density at radius 1 is 0.879 bits per heavy atom. The molecule has 0 spiro atoms. The molecule has 2 aromatic rings. The van der Waals surface area contributed by atoms with Crippen LogP contribution < -0.4 is 4.90 Å². The van der Waals surface area contributed by atoms with Crippen LogP contribution >= 0.6 is 0 Å². The first-order valence-corrected chi connectivity index (χ1v) is 11.9. The van der Waals surface area contributed by atoms with Crippen LogP contribution in [0.5, 0.6) is 0 Å². The Morgan fingerprint density at radius 2 is 1.58 bits per heavy atom. The third kappa shape index (κ3) is 5.81. The molecule has 0 N–H and O–H groups in total. The van der Waals surface area contributed by atoms with E-state index in [1.165, 1.54) is 17.5 Å². The summed E-state index contributed by atoms with van der Waals surface area (Å²) >= 11 is 0. The van der Waals surface area contributed by atoms with Crippen molar-refractivity contribution in [3.8, 4) is 0 Å². The molecule has 0 bridgehead atoms. The minimum atomic E-state index is -0.848. The van der Waals surface area contributed by atoms with Gasteiger partial charge in [0.05, 0.1) is 6.42 Å². The van der Waals surface area contributed by atoms with E-state index in [9.17, 15) is 14.4 Å². The monoisotopic (exact) mass is 448 g/mol. The number of para-hydroxylation sites is 1. The van der Waals surface area contributed by atoms with Crippen molar-refractivity contribution < 1.29 is 19.1 Å². The largest absolute Gasteiger partial charge is 0.453 e. The lowest BCUT2D eigenvalue weighted by molar-refractivity contribution is -0.159. The van der Waals surface area contributed by atoms with E-state index >= 15 is 0 Å². The van der Waals surface area contributed by atoms with Gasteiger partial charge < -0.3 is 14.5 Å². The van der Waals surface area contributed by atoms with Crippen LogP contribution in [0.3, 0.4) is 0 Å². The molecule has 1 heterocycles. The quantitative estimate of drug-likeness (QED) is 0.476. The second-order valence-electron chi connectivity index (χ2n) is 8.89. The van der Waals surface area contributed by atoms with Crippen molar-refractivity contribution in [1.29, 1.82) is 0 Å². The fraction of sp³-hybridized carbons (Fsp3) is 0.444. The summed E-state index contributed by atoms with van der Waals surface area (Å²) in [7, 11) is 0. The highest BCUT2D eigenvalue weighted by molar-refractivity contribution is 5.98. The molecule has 0 aromatic heterocycles. The zero-order chi connectivity index (χ0) is 23.2. The number of carbonyl (C=O) groups is 3. The Balaban J connectivity index is 1.21. The van der Waals surface area contributed by atoms with Crippen LogP contribution in [0.4, 0.5) is 5.69 Å². The molecular weight excluding hydrogens is 416 g/mol. The van der Waals surface area contributed by atoms with Crippen molar-refractivity contribution in [3.63, 3.8) is 0 Å². The number of amides is 1. The Kier molecular flexibility index (Phi) is 7.43. The van der Waals surface area contributed by atoms with Gasteiger partial charge in [0.25, 0.3) is 5.91 Å². The Hall–Kier alpha value is -3.15. The highest BCUT2D eigenvalue weighted by Crippen LogP contribution is 2.23. The molecule has 1 saturated heterocycles. The van der Waals surface area contributed by atoms with E-state index < -0.39 is 12.1 Å². The second-order valence-corrected chi connectivity index (χ2v) is 8.89. The zero-order valence-electron chi connectivity index (χ0n) is 19.3. The highest BCUT2D eigenvalue weighted by Gasteiger charge is 2.27. The molecule has 2 aliphatic rings. The molecule has 0 saturated carbocycles. The number of aryl methyl sites for hydroxylation is 2. The summed E-state index contributed by atoms with van der Waals surface area (Å²) in [4.78, 5) is 41.6. The van der Waals surface area contributed by atoms with Gasteiger partial charge >= 0.3 is 5.97 Å². The molecule has 33 heavy (non-hydrogen) atoms. The molecule has 6 nitrogen and oxygen atoms in total. The molecule has 0 radical (unpaired) electrons. The van der Waals surface area contributed by atoms with Crippen LogP contribution in [0.25, 0.3) is 0 Å². The third-order valence-electron chi connectivity index (χ3n) is 6.60. The van der Waals surface area contributed by atoms with E-state index in [1.807, 2.05) is 36.4 Å². The number of hydrogen-bond acceptors (Lipinski definition) is 5. The van der Waals surface area contributed by atoms with E-state index in [0.717, 1.165) is 38.0 Å². The first-order chi connectivity index (χ1) is 16.0. The average molecular weight is 449 g/mol. The van der Waals surface area contributed by atoms with Crippen molar-refractivity contribution in [2.24, 2.45) is 0 Å². The Labute approximate surface area is 195 Å². The first-order valence-electron chi connectivity index (χ1n) is 11.9. The molecular formula is C27H32N2O4. The van der Waals surface area contributed by atoms with Gasteiger partial charge in [-0.15, -0.1) is 0 Å². The molecule has 6 heteroatoms. The normalized spacial score (nSPS) is 16.6. The minimum absolute atomic E-state index is 0.0185. The molecule has 174 valence electrons. The maximum Gasteiger partial charge on any atom is 0.307 e. The molecule has 0 unspecified atom stereocenters. The SMILES string of the molecule is C[C@@H](OC(=O)CCC(=O)c1ccc2c(c1)CCCC2)C(=O)N1CCN(c2ccccc2)CC1. The lowest BCUT2D eigenvalue weighted by Crippen LogP contribution is -2.51. The van der Waals surface area contributed by atoms with Gasteiger partial charge in [-0.1, -0.05) is 30.3 Å². The molecule has 1 amide bonds.